The van der Waals surface area contributed by atoms with Gasteiger partial charge in [0.1, 0.15) is 12.1 Å². The predicted molar refractivity (Wildman–Crippen MR) is 112 cm³/mol. The fourth-order valence-electron chi connectivity index (χ4n) is 3.48. The molecule has 1 unspecified atom stereocenters. The summed E-state index contributed by atoms with van der Waals surface area (Å²) in [5.41, 5.74) is 3.61. The van der Waals surface area contributed by atoms with Gasteiger partial charge in [-0.05, 0) is 23.8 Å². The molecule has 3 aromatic carbocycles. The van der Waals surface area contributed by atoms with Crippen LogP contribution in [0.3, 0.4) is 0 Å². The van der Waals surface area contributed by atoms with Gasteiger partial charge in [0.25, 0.3) is 0 Å². The van der Waals surface area contributed by atoms with Crippen LogP contribution >= 0.6 is 11.6 Å². The highest BCUT2D eigenvalue weighted by atomic mass is 35.5. The zero-order valence-electron chi connectivity index (χ0n) is 14.9. The minimum Gasteiger partial charge on any atom is -0.386 e. The Labute approximate surface area is 167 Å². The number of nitroso groups, excluding NO2 is 1. The molecule has 0 bridgehead atoms. The summed E-state index contributed by atoms with van der Waals surface area (Å²) in [4.78, 5) is 16.6. The zero-order valence-corrected chi connectivity index (χ0v) is 15.7. The van der Waals surface area contributed by atoms with Crippen molar-refractivity contribution in [1.29, 1.82) is 0 Å². The SMILES string of the molecule is O=NN1c2ccc(Cl)cc2C(c2ccccc2)=NCC1[C@H](O)c1ccccc1. The van der Waals surface area contributed by atoms with E-state index in [1.165, 1.54) is 5.01 Å². The number of hydrogen-bond donors (Lipinski definition) is 1. The molecule has 1 aliphatic heterocycles. The molecular weight excluding hydrogens is 374 g/mol. The summed E-state index contributed by atoms with van der Waals surface area (Å²) in [6.07, 6.45) is -0.929. The number of hydrogen-bond acceptors (Lipinski definition) is 4. The van der Waals surface area contributed by atoms with Crippen LogP contribution in [-0.4, -0.2) is 23.4 Å². The number of aliphatic imine (C=N–C) groups is 1. The molecule has 0 radical (unpaired) electrons. The van der Waals surface area contributed by atoms with Crippen molar-refractivity contribution in [3.8, 4) is 0 Å². The Morgan fingerprint density at radius 3 is 2.39 bits per heavy atom. The van der Waals surface area contributed by atoms with Gasteiger partial charge in [-0.1, -0.05) is 72.3 Å². The van der Waals surface area contributed by atoms with Crippen molar-refractivity contribution in [2.24, 2.45) is 10.3 Å². The Balaban J connectivity index is 1.85. The minimum absolute atomic E-state index is 0.207. The van der Waals surface area contributed by atoms with E-state index in [4.69, 9.17) is 16.6 Å². The largest absolute Gasteiger partial charge is 0.386 e. The Hall–Kier alpha value is -3.02. The number of halogens is 1. The van der Waals surface area contributed by atoms with Gasteiger partial charge in [0, 0.05) is 16.1 Å². The molecule has 28 heavy (non-hydrogen) atoms. The first-order chi connectivity index (χ1) is 13.7. The highest BCUT2D eigenvalue weighted by Gasteiger charge is 2.33. The van der Waals surface area contributed by atoms with Crippen molar-refractivity contribution < 1.29 is 5.11 Å². The maximum Gasteiger partial charge on any atom is 0.105 e. The molecule has 5 nitrogen and oxygen atoms in total. The Kier molecular flexibility index (Phi) is 5.19. The van der Waals surface area contributed by atoms with Crippen LogP contribution in [0.4, 0.5) is 5.69 Å². The number of nitrogens with zero attached hydrogens (tertiary/aromatic N) is 3. The van der Waals surface area contributed by atoms with Crippen molar-refractivity contribution in [3.05, 3.63) is 105 Å². The van der Waals surface area contributed by atoms with E-state index < -0.39 is 12.1 Å². The first kappa shape index (κ1) is 18.3. The molecule has 6 heteroatoms. The molecule has 0 saturated heterocycles. The summed E-state index contributed by atoms with van der Waals surface area (Å²) in [5.74, 6) is 0. The van der Waals surface area contributed by atoms with Crippen LogP contribution in [0.15, 0.2) is 89.1 Å². The maximum absolute atomic E-state index is 11.8. The molecular formula is C22H18ClN3O2. The average molecular weight is 392 g/mol. The summed E-state index contributed by atoms with van der Waals surface area (Å²) >= 11 is 6.24. The number of fused-ring (bicyclic) bond motifs is 1. The fraction of sp³-hybridized carbons (Fsp3) is 0.136. The van der Waals surface area contributed by atoms with Gasteiger partial charge in [-0.3, -0.25) is 4.99 Å². The molecule has 4 rings (SSSR count). The van der Waals surface area contributed by atoms with Gasteiger partial charge >= 0.3 is 0 Å². The van der Waals surface area contributed by atoms with E-state index in [1.54, 1.807) is 18.2 Å². The smallest absolute Gasteiger partial charge is 0.105 e. The van der Waals surface area contributed by atoms with Crippen molar-refractivity contribution in [3.63, 3.8) is 0 Å². The molecule has 140 valence electrons. The van der Waals surface area contributed by atoms with Crippen LogP contribution < -0.4 is 5.01 Å². The Morgan fingerprint density at radius 1 is 1.04 bits per heavy atom. The van der Waals surface area contributed by atoms with Gasteiger partial charge in [-0.2, -0.15) is 0 Å². The summed E-state index contributed by atoms with van der Waals surface area (Å²) < 4.78 is 0. The van der Waals surface area contributed by atoms with Crippen molar-refractivity contribution in [2.45, 2.75) is 12.1 Å². The van der Waals surface area contributed by atoms with Crippen LogP contribution in [0.1, 0.15) is 22.8 Å². The Bertz CT molecular complexity index is 1010. The molecule has 1 N–H and O–H groups in total. The van der Waals surface area contributed by atoms with E-state index in [-0.39, 0.29) is 6.54 Å². The van der Waals surface area contributed by atoms with E-state index in [9.17, 15) is 10.0 Å². The number of aliphatic hydroxyl groups is 1. The highest BCUT2D eigenvalue weighted by Crippen LogP contribution is 2.34. The van der Waals surface area contributed by atoms with Gasteiger partial charge in [0.15, 0.2) is 0 Å². The number of benzodiazepines with no additional fused rings is 1. The lowest BCUT2D eigenvalue weighted by atomic mass is 9.99. The topological polar surface area (TPSA) is 65.3 Å². The lowest BCUT2D eigenvalue weighted by molar-refractivity contribution is 0.145. The lowest BCUT2D eigenvalue weighted by Gasteiger charge is -2.29. The summed E-state index contributed by atoms with van der Waals surface area (Å²) in [6.45, 7) is 0.207. The second kappa shape index (κ2) is 7.92. The minimum atomic E-state index is -0.929. The standard InChI is InChI=1S/C22H18ClN3O2/c23-17-11-12-19-18(13-17)21(15-7-3-1-4-8-15)24-14-20(26(19)25-28)22(27)16-9-5-2-6-10-16/h1-13,20,22,27H,14H2/t20?,22-/m1/s1. The first-order valence-corrected chi connectivity index (χ1v) is 9.32. The van der Waals surface area contributed by atoms with Gasteiger partial charge < -0.3 is 5.11 Å². The Morgan fingerprint density at radius 2 is 1.71 bits per heavy atom. The van der Waals surface area contributed by atoms with E-state index in [2.05, 4.69) is 5.29 Å². The van der Waals surface area contributed by atoms with Crippen LogP contribution in [0.5, 0.6) is 0 Å². The van der Waals surface area contributed by atoms with Crippen LogP contribution in [0, 0.1) is 4.91 Å². The molecule has 0 saturated carbocycles. The van der Waals surface area contributed by atoms with E-state index in [0.717, 1.165) is 11.3 Å². The van der Waals surface area contributed by atoms with Crippen molar-refractivity contribution >= 4 is 23.0 Å². The molecule has 3 aromatic rings. The molecule has 0 amide bonds. The third kappa shape index (κ3) is 3.42. The molecule has 0 aromatic heterocycles. The second-order valence-corrected chi connectivity index (χ2v) is 7.00. The quantitative estimate of drug-likeness (QED) is 0.651. The molecule has 1 aliphatic rings. The van der Waals surface area contributed by atoms with Gasteiger partial charge in [0.2, 0.25) is 0 Å². The average Bonchev–Trinajstić information content (AvgIpc) is 2.90. The fourth-order valence-corrected chi connectivity index (χ4v) is 3.65. The van der Waals surface area contributed by atoms with E-state index in [1.807, 2.05) is 60.7 Å². The molecule has 0 spiro atoms. The van der Waals surface area contributed by atoms with E-state index in [0.29, 0.717) is 21.8 Å². The highest BCUT2D eigenvalue weighted by molar-refractivity contribution is 6.31. The zero-order chi connectivity index (χ0) is 19.5. The van der Waals surface area contributed by atoms with Crippen molar-refractivity contribution in [2.75, 3.05) is 11.6 Å². The number of rotatable bonds is 4. The molecule has 0 fully saturated rings. The van der Waals surface area contributed by atoms with Crippen molar-refractivity contribution in [1.82, 2.24) is 0 Å². The molecule has 2 atom stereocenters. The monoisotopic (exact) mass is 391 g/mol. The molecule has 0 aliphatic carbocycles. The van der Waals surface area contributed by atoms with Gasteiger partial charge in [-0.15, -0.1) is 4.91 Å². The van der Waals surface area contributed by atoms with Crippen LogP contribution in [0.25, 0.3) is 0 Å². The number of anilines is 1. The second-order valence-electron chi connectivity index (χ2n) is 6.57. The van der Waals surface area contributed by atoms with Gasteiger partial charge in [0.05, 0.1) is 23.2 Å². The lowest BCUT2D eigenvalue weighted by Crippen LogP contribution is -2.38. The normalized spacial score (nSPS) is 17.3. The third-order valence-electron chi connectivity index (χ3n) is 4.85. The van der Waals surface area contributed by atoms with Gasteiger partial charge in [-0.25, -0.2) is 5.01 Å². The summed E-state index contributed by atoms with van der Waals surface area (Å²) in [7, 11) is 0. The maximum atomic E-state index is 11.8. The molecule has 1 heterocycles. The van der Waals surface area contributed by atoms with E-state index >= 15 is 0 Å². The summed E-state index contributed by atoms with van der Waals surface area (Å²) in [6, 6.07) is 23.5. The third-order valence-corrected chi connectivity index (χ3v) is 5.09. The predicted octanol–water partition coefficient (Wildman–Crippen LogP) is 4.78. The summed E-state index contributed by atoms with van der Waals surface area (Å²) in [5, 5.41) is 16.1. The van der Waals surface area contributed by atoms with Crippen LogP contribution in [0.2, 0.25) is 5.02 Å². The first-order valence-electron chi connectivity index (χ1n) is 8.94. The number of benzene rings is 3. The number of aliphatic hydroxyl groups excluding tert-OH is 1. The van der Waals surface area contributed by atoms with Crippen LogP contribution in [-0.2, 0) is 0 Å².